The van der Waals surface area contributed by atoms with Crippen LogP contribution in [-0.4, -0.2) is 5.11 Å². The lowest BCUT2D eigenvalue weighted by Gasteiger charge is -2.44. The van der Waals surface area contributed by atoms with Crippen molar-refractivity contribution in [2.75, 3.05) is 5.73 Å². The van der Waals surface area contributed by atoms with Crippen molar-refractivity contribution in [3.05, 3.63) is 23.3 Å². The van der Waals surface area contributed by atoms with E-state index in [4.69, 9.17) is 5.73 Å². The van der Waals surface area contributed by atoms with Crippen LogP contribution in [0.5, 0.6) is 5.75 Å². The Morgan fingerprint density at radius 2 is 2.13 bits per heavy atom. The van der Waals surface area contributed by atoms with E-state index in [1.54, 1.807) is 6.07 Å². The summed E-state index contributed by atoms with van der Waals surface area (Å²) < 4.78 is 0. The van der Waals surface area contributed by atoms with Crippen molar-refractivity contribution in [2.24, 2.45) is 5.92 Å². The molecule has 0 aliphatic heterocycles. The minimum Gasteiger partial charge on any atom is -0.508 e. The van der Waals surface area contributed by atoms with E-state index in [1.165, 1.54) is 30.4 Å². The summed E-state index contributed by atoms with van der Waals surface area (Å²) in [7, 11) is 0. The summed E-state index contributed by atoms with van der Waals surface area (Å²) in [5.41, 5.74) is 9.84. The van der Waals surface area contributed by atoms with E-state index in [0.717, 1.165) is 12.1 Å². The van der Waals surface area contributed by atoms with Crippen molar-refractivity contribution in [3.8, 4) is 5.75 Å². The zero-order chi connectivity index (χ0) is 10.6. The van der Waals surface area contributed by atoms with E-state index in [0.29, 0.717) is 17.1 Å². The highest BCUT2D eigenvalue weighted by atomic mass is 16.3. The van der Waals surface area contributed by atoms with Gasteiger partial charge in [-0.15, -0.1) is 0 Å². The van der Waals surface area contributed by atoms with Crippen LogP contribution in [0.15, 0.2) is 12.1 Å². The summed E-state index contributed by atoms with van der Waals surface area (Å²) in [6.45, 7) is 2.32. The van der Waals surface area contributed by atoms with Crippen molar-refractivity contribution < 1.29 is 5.11 Å². The maximum Gasteiger partial charge on any atom is 0.117 e. The van der Waals surface area contributed by atoms with Crippen LogP contribution in [0.3, 0.4) is 0 Å². The first-order chi connectivity index (χ1) is 7.13. The van der Waals surface area contributed by atoms with Crippen molar-refractivity contribution in [1.82, 2.24) is 0 Å². The molecular formula is C13H17NO. The fraction of sp³-hybridized carbons (Fsp3) is 0.538. The smallest absolute Gasteiger partial charge is 0.117 e. The van der Waals surface area contributed by atoms with Gasteiger partial charge >= 0.3 is 0 Å². The average Bonchev–Trinajstić information content (AvgIpc) is 2.35. The molecule has 2 aliphatic rings. The summed E-state index contributed by atoms with van der Waals surface area (Å²) in [4.78, 5) is 0. The largest absolute Gasteiger partial charge is 0.508 e. The third-order valence-corrected chi connectivity index (χ3v) is 4.45. The fourth-order valence-corrected chi connectivity index (χ4v) is 3.55. The minimum absolute atomic E-state index is 0.315. The highest BCUT2D eigenvalue weighted by Crippen LogP contribution is 2.57. The second-order valence-corrected chi connectivity index (χ2v) is 5.18. The number of nitrogen functional groups attached to an aromatic ring is 1. The maximum atomic E-state index is 9.54. The minimum atomic E-state index is 0.315. The van der Waals surface area contributed by atoms with Gasteiger partial charge < -0.3 is 10.8 Å². The van der Waals surface area contributed by atoms with Gasteiger partial charge in [0.25, 0.3) is 0 Å². The van der Waals surface area contributed by atoms with Gasteiger partial charge in [0, 0.05) is 17.2 Å². The molecule has 0 amide bonds. The average molecular weight is 203 g/mol. The molecule has 2 heteroatoms. The lowest BCUT2D eigenvalue weighted by molar-refractivity contribution is 0.177. The van der Waals surface area contributed by atoms with E-state index in [-0.39, 0.29) is 0 Å². The first-order valence-corrected chi connectivity index (χ1v) is 5.75. The van der Waals surface area contributed by atoms with E-state index in [1.807, 2.05) is 6.07 Å². The molecule has 3 rings (SSSR count). The normalized spacial score (nSPS) is 26.3. The van der Waals surface area contributed by atoms with Crippen molar-refractivity contribution >= 4 is 5.69 Å². The first-order valence-electron chi connectivity index (χ1n) is 5.75. The molecule has 15 heavy (non-hydrogen) atoms. The molecule has 80 valence electrons. The highest BCUT2D eigenvalue weighted by molar-refractivity contribution is 5.62. The summed E-state index contributed by atoms with van der Waals surface area (Å²) in [6.07, 6.45) is 4.95. The predicted molar refractivity (Wildman–Crippen MR) is 60.9 cm³/mol. The molecule has 1 fully saturated rings. The molecule has 0 radical (unpaired) electrons. The Kier molecular flexibility index (Phi) is 1.63. The summed E-state index contributed by atoms with van der Waals surface area (Å²) in [6, 6.07) is 3.60. The molecule has 2 nitrogen and oxygen atoms in total. The SMILES string of the molecule is CC1Cc2cc(O)cc(N)c2C12CCC2. The van der Waals surface area contributed by atoms with Crippen LogP contribution in [0.25, 0.3) is 0 Å². The Bertz CT molecular complexity index is 421. The van der Waals surface area contributed by atoms with E-state index in [2.05, 4.69) is 6.92 Å². The highest BCUT2D eigenvalue weighted by Gasteiger charge is 2.49. The van der Waals surface area contributed by atoms with Crippen LogP contribution in [0, 0.1) is 5.92 Å². The number of phenols is 1. The maximum absolute atomic E-state index is 9.54. The van der Waals surface area contributed by atoms with Crippen molar-refractivity contribution in [1.29, 1.82) is 0 Å². The Labute approximate surface area is 90.1 Å². The number of rotatable bonds is 0. The number of aromatic hydroxyl groups is 1. The Balaban J connectivity index is 2.20. The molecule has 3 N–H and O–H groups in total. The molecule has 0 heterocycles. The standard InChI is InChI=1S/C13H17NO/c1-8-5-9-6-10(15)7-11(14)12(9)13(8)3-2-4-13/h6-8,15H,2-5,14H2,1H3. The number of hydrogen-bond acceptors (Lipinski definition) is 2. The van der Waals surface area contributed by atoms with Gasteiger partial charge in [0.05, 0.1) is 0 Å². The van der Waals surface area contributed by atoms with Crippen LogP contribution >= 0.6 is 0 Å². The Morgan fingerprint density at radius 3 is 2.73 bits per heavy atom. The van der Waals surface area contributed by atoms with Gasteiger partial charge in [-0.1, -0.05) is 13.3 Å². The lowest BCUT2D eigenvalue weighted by Crippen LogP contribution is -2.37. The molecule has 1 saturated carbocycles. The lowest BCUT2D eigenvalue weighted by atomic mass is 9.60. The molecule has 1 aromatic carbocycles. The number of hydrogen-bond donors (Lipinski definition) is 2. The van der Waals surface area contributed by atoms with E-state index in [9.17, 15) is 5.11 Å². The van der Waals surface area contributed by atoms with Crippen LogP contribution in [0.4, 0.5) is 5.69 Å². The molecule has 1 unspecified atom stereocenters. The third kappa shape index (κ3) is 0.996. The van der Waals surface area contributed by atoms with Crippen LogP contribution < -0.4 is 5.73 Å². The van der Waals surface area contributed by atoms with Gasteiger partial charge in [0.1, 0.15) is 5.75 Å². The van der Waals surface area contributed by atoms with Crippen molar-refractivity contribution in [3.63, 3.8) is 0 Å². The molecule has 1 spiro atoms. The number of anilines is 1. The van der Waals surface area contributed by atoms with Gasteiger partial charge in [-0.3, -0.25) is 0 Å². The predicted octanol–water partition coefficient (Wildman–Crippen LogP) is 2.59. The number of phenolic OH excluding ortho intramolecular Hbond substituents is 1. The number of benzene rings is 1. The van der Waals surface area contributed by atoms with Gasteiger partial charge in [0.15, 0.2) is 0 Å². The molecule has 1 aromatic rings. The Hall–Kier alpha value is -1.18. The summed E-state index contributed by atoms with van der Waals surface area (Å²) in [5.74, 6) is 1.00. The zero-order valence-corrected chi connectivity index (χ0v) is 9.09. The van der Waals surface area contributed by atoms with Gasteiger partial charge in [-0.25, -0.2) is 0 Å². The zero-order valence-electron chi connectivity index (χ0n) is 9.09. The number of nitrogens with two attached hydrogens (primary N) is 1. The topological polar surface area (TPSA) is 46.2 Å². The van der Waals surface area contributed by atoms with Crippen LogP contribution in [0.1, 0.15) is 37.3 Å². The second kappa shape index (κ2) is 2.69. The molecule has 0 saturated heterocycles. The molecule has 1 atom stereocenters. The Morgan fingerprint density at radius 1 is 1.40 bits per heavy atom. The quantitative estimate of drug-likeness (QED) is 0.637. The van der Waals surface area contributed by atoms with Crippen LogP contribution in [0.2, 0.25) is 0 Å². The fourth-order valence-electron chi connectivity index (χ4n) is 3.55. The summed E-state index contributed by atoms with van der Waals surface area (Å²) in [5, 5.41) is 9.54. The molecule has 0 aromatic heterocycles. The number of fused-ring (bicyclic) bond motifs is 2. The summed E-state index contributed by atoms with van der Waals surface area (Å²) >= 11 is 0. The van der Waals surface area contributed by atoms with Crippen LogP contribution in [-0.2, 0) is 11.8 Å². The third-order valence-electron chi connectivity index (χ3n) is 4.45. The van der Waals surface area contributed by atoms with E-state index >= 15 is 0 Å². The monoisotopic (exact) mass is 203 g/mol. The first kappa shape index (κ1) is 9.08. The molecule has 2 aliphatic carbocycles. The van der Waals surface area contributed by atoms with E-state index < -0.39 is 0 Å². The second-order valence-electron chi connectivity index (χ2n) is 5.18. The van der Waals surface area contributed by atoms with Gasteiger partial charge in [0.2, 0.25) is 0 Å². The van der Waals surface area contributed by atoms with Gasteiger partial charge in [-0.2, -0.15) is 0 Å². The van der Waals surface area contributed by atoms with Gasteiger partial charge in [-0.05, 0) is 42.4 Å². The van der Waals surface area contributed by atoms with Crippen molar-refractivity contribution in [2.45, 2.75) is 38.0 Å². The molecular weight excluding hydrogens is 186 g/mol. The molecule has 0 bridgehead atoms.